The van der Waals surface area contributed by atoms with Crippen LogP contribution in [0.25, 0.3) is 0 Å². The smallest absolute Gasteiger partial charge is 0.0234 e. The molecule has 2 fully saturated rings. The van der Waals surface area contributed by atoms with Crippen molar-refractivity contribution in [1.29, 1.82) is 0 Å². The Morgan fingerprint density at radius 1 is 1.00 bits per heavy atom. The van der Waals surface area contributed by atoms with Crippen LogP contribution in [0.15, 0.2) is 24.3 Å². The summed E-state index contributed by atoms with van der Waals surface area (Å²) in [5, 5.41) is 3.65. The van der Waals surface area contributed by atoms with Crippen LogP contribution in [0.4, 0.5) is 0 Å². The molecule has 0 atom stereocenters. The van der Waals surface area contributed by atoms with Gasteiger partial charge in [-0.25, -0.2) is 0 Å². The Bertz CT molecular complexity index is 433. The first-order chi connectivity index (χ1) is 10.3. The highest BCUT2D eigenvalue weighted by Crippen LogP contribution is 2.25. The fourth-order valence-corrected chi connectivity index (χ4v) is 3.59. The molecule has 0 aromatic heterocycles. The van der Waals surface area contributed by atoms with Crippen molar-refractivity contribution in [3.8, 4) is 0 Å². The molecule has 0 unspecified atom stereocenters. The van der Waals surface area contributed by atoms with E-state index in [0.29, 0.717) is 0 Å². The molecule has 2 aliphatic carbocycles. The normalized spacial score (nSPS) is 20.1. The Labute approximate surface area is 129 Å². The Hall–Kier alpha value is -0.860. The van der Waals surface area contributed by atoms with Gasteiger partial charge in [0.25, 0.3) is 0 Å². The lowest BCUT2D eigenvalue weighted by Gasteiger charge is -2.27. The van der Waals surface area contributed by atoms with E-state index in [0.717, 1.165) is 25.0 Å². The van der Waals surface area contributed by atoms with Crippen molar-refractivity contribution in [1.82, 2.24) is 10.2 Å². The predicted octanol–water partition coefficient (Wildman–Crippen LogP) is 3.95. The third kappa shape index (κ3) is 4.82. The number of hydrogen-bond donors (Lipinski definition) is 1. The van der Waals surface area contributed by atoms with Gasteiger partial charge in [0.05, 0.1) is 0 Å². The summed E-state index contributed by atoms with van der Waals surface area (Å²) in [4.78, 5) is 2.53. The van der Waals surface area contributed by atoms with E-state index < -0.39 is 0 Å². The number of hydrogen-bond acceptors (Lipinski definition) is 2. The third-order valence-corrected chi connectivity index (χ3v) is 5.01. The second-order valence-corrected chi connectivity index (χ2v) is 7.12. The molecule has 0 aliphatic heterocycles. The molecule has 1 aromatic rings. The first-order valence-electron chi connectivity index (χ1n) is 8.80. The summed E-state index contributed by atoms with van der Waals surface area (Å²) in [7, 11) is 2.29. The van der Waals surface area contributed by atoms with Gasteiger partial charge in [0.15, 0.2) is 0 Å². The molecule has 2 heteroatoms. The number of benzene rings is 1. The summed E-state index contributed by atoms with van der Waals surface area (Å²) in [5.74, 6) is 0.931. The lowest BCUT2D eigenvalue weighted by atomic mass is 9.89. The Morgan fingerprint density at radius 2 is 1.71 bits per heavy atom. The summed E-state index contributed by atoms with van der Waals surface area (Å²) in [6, 6.07) is 9.75. The first kappa shape index (κ1) is 15.1. The molecule has 1 N–H and O–H groups in total. The van der Waals surface area contributed by atoms with Crippen LogP contribution in [-0.4, -0.2) is 24.5 Å². The van der Waals surface area contributed by atoms with Crippen LogP contribution in [0.2, 0.25) is 0 Å². The average molecular weight is 286 g/mol. The molecular weight excluding hydrogens is 256 g/mol. The number of rotatable bonds is 7. The van der Waals surface area contributed by atoms with Crippen LogP contribution in [0.5, 0.6) is 0 Å². The predicted molar refractivity (Wildman–Crippen MR) is 89.2 cm³/mol. The third-order valence-electron chi connectivity index (χ3n) is 5.01. The number of nitrogens with zero attached hydrogens (tertiary/aromatic N) is 1. The molecule has 2 aliphatic rings. The van der Waals surface area contributed by atoms with Crippen molar-refractivity contribution in [3.63, 3.8) is 0 Å². The highest BCUT2D eigenvalue weighted by atomic mass is 15.1. The molecule has 2 saturated carbocycles. The fraction of sp³-hybridized carbons (Fsp3) is 0.684. The van der Waals surface area contributed by atoms with Crippen LogP contribution in [0.1, 0.15) is 56.1 Å². The Kier molecular flexibility index (Phi) is 5.32. The zero-order chi connectivity index (χ0) is 14.5. The maximum Gasteiger partial charge on any atom is 0.0234 e. The molecule has 0 bridgehead atoms. The molecule has 0 radical (unpaired) electrons. The molecular formula is C19H30N2. The van der Waals surface area contributed by atoms with Crippen molar-refractivity contribution in [2.75, 3.05) is 13.6 Å². The van der Waals surface area contributed by atoms with Gasteiger partial charge in [-0.2, -0.15) is 0 Å². The van der Waals surface area contributed by atoms with Crippen LogP contribution >= 0.6 is 0 Å². The molecule has 0 amide bonds. The molecule has 3 rings (SSSR count). The maximum atomic E-state index is 3.65. The largest absolute Gasteiger partial charge is 0.310 e. The van der Waals surface area contributed by atoms with E-state index in [-0.39, 0.29) is 0 Å². The van der Waals surface area contributed by atoms with E-state index in [4.69, 9.17) is 0 Å². The minimum atomic E-state index is 0.790. The number of nitrogens with one attached hydrogen (secondary N) is 1. The lowest BCUT2D eigenvalue weighted by molar-refractivity contribution is 0.227. The van der Waals surface area contributed by atoms with Crippen molar-refractivity contribution >= 4 is 0 Å². The Morgan fingerprint density at radius 3 is 2.43 bits per heavy atom. The van der Waals surface area contributed by atoms with Crippen LogP contribution in [0.3, 0.4) is 0 Å². The maximum absolute atomic E-state index is 3.65. The SMILES string of the molecule is CN(Cc1ccccc1CNC1CC1)CC1CCCCC1. The van der Waals surface area contributed by atoms with Gasteiger partial charge < -0.3 is 10.2 Å². The van der Waals surface area contributed by atoms with Crippen LogP contribution < -0.4 is 5.32 Å². The monoisotopic (exact) mass is 286 g/mol. The average Bonchev–Trinajstić information content (AvgIpc) is 3.31. The van der Waals surface area contributed by atoms with Crippen LogP contribution in [-0.2, 0) is 13.1 Å². The second kappa shape index (κ2) is 7.42. The van der Waals surface area contributed by atoms with Crippen molar-refractivity contribution in [3.05, 3.63) is 35.4 Å². The minimum Gasteiger partial charge on any atom is -0.310 e. The molecule has 0 spiro atoms. The van der Waals surface area contributed by atoms with E-state index >= 15 is 0 Å². The quantitative estimate of drug-likeness (QED) is 0.816. The van der Waals surface area contributed by atoms with E-state index in [9.17, 15) is 0 Å². The molecule has 1 aromatic carbocycles. The van der Waals surface area contributed by atoms with E-state index in [1.807, 2.05) is 0 Å². The zero-order valence-electron chi connectivity index (χ0n) is 13.5. The van der Waals surface area contributed by atoms with Crippen LogP contribution in [0, 0.1) is 5.92 Å². The summed E-state index contributed by atoms with van der Waals surface area (Å²) in [6.45, 7) is 3.40. The van der Waals surface area contributed by atoms with Crippen molar-refractivity contribution in [2.24, 2.45) is 5.92 Å². The summed E-state index contributed by atoms with van der Waals surface area (Å²) >= 11 is 0. The first-order valence-corrected chi connectivity index (χ1v) is 8.80. The Balaban J connectivity index is 1.52. The molecule has 0 heterocycles. The topological polar surface area (TPSA) is 15.3 Å². The van der Waals surface area contributed by atoms with Gasteiger partial charge in [0.1, 0.15) is 0 Å². The highest BCUT2D eigenvalue weighted by molar-refractivity contribution is 5.27. The lowest BCUT2D eigenvalue weighted by Crippen LogP contribution is -2.27. The van der Waals surface area contributed by atoms with Crippen molar-refractivity contribution in [2.45, 2.75) is 64.1 Å². The summed E-state index contributed by atoms with van der Waals surface area (Å²) in [6.07, 6.45) is 9.95. The highest BCUT2D eigenvalue weighted by Gasteiger charge is 2.20. The molecule has 116 valence electrons. The standard InChI is InChI=1S/C19H30N2/c1-21(14-16-7-3-2-4-8-16)15-18-10-6-5-9-17(18)13-20-19-11-12-19/h5-6,9-10,16,19-20H,2-4,7-8,11-15H2,1H3. The van der Waals surface area contributed by atoms with Gasteiger partial charge in [0, 0.05) is 25.7 Å². The van der Waals surface area contributed by atoms with Gasteiger partial charge in [-0.15, -0.1) is 0 Å². The zero-order valence-corrected chi connectivity index (χ0v) is 13.5. The molecule has 0 saturated heterocycles. The summed E-state index contributed by atoms with van der Waals surface area (Å²) in [5.41, 5.74) is 2.99. The molecule has 21 heavy (non-hydrogen) atoms. The second-order valence-electron chi connectivity index (χ2n) is 7.12. The van der Waals surface area contributed by atoms with Gasteiger partial charge in [0.2, 0.25) is 0 Å². The van der Waals surface area contributed by atoms with Gasteiger partial charge >= 0.3 is 0 Å². The van der Waals surface area contributed by atoms with E-state index in [1.165, 1.54) is 62.6 Å². The van der Waals surface area contributed by atoms with Crippen molar-refractivity contribution < 1.29 is 0 Å². The van der Waals surface area contributed by atoms with Gasteiger partial charge in [-0.05, 0) is 49.8 Å². The summed E-state index contributed by atoms with van der Waals surface area (Å²) < 4.78 is 0. The minimum absolute atomic E-state index is 0.790. The molecule has 2 nitrogen and oxygen atoms in total. The van der Waals surface area contributed by atoms with E-state index in [1.54, 1.807) is 0 Å². The van der Waals surface area contributed by atoms with E-state index in [2.05, 4.69) is 41.5 Å². The van der Waals surface area contributed by atoms with Gasteiger partial charge in [-0.3, -0.25) is 0 Å². The fourth-order valence-electron chi connectivity index (χ4n) is 3.59. The van der Waals surface area contributed by atoms with Gasteiger partial charge in [-0.1, -0.05) is 43.5 Å².